The average molecular weight is 286 g/mol. The van der Waals surface area contributed by atoms with Crippen LogP contribution in [0.1, 0.15) is 17.3 Å². The molecule has 5 nitrogen and oxygen atoms in total. The number of fused-ring (bicyclic) bond motifs is 1. The van der Waals surface area contributed by atoms with E-state index in [0.717, 1.165) is 10.8 Å². The Morgan fingerprint density at radius 2 is 1.81 bits per heavy atom. The van der Waals surface area contributed by atoms with E-state index < -0.39 is 6.10 Å². The Morgan fingerprint density at radius 1 is 1.10 bits per heavy atom. The van der Waals surface area contributed by atoms with Gasteiger partial charge in [0.25, 0.3) is 5.91 Å². The Morgan fingerprint density at radius 3 is 2.52 bits per heavy atom. The van der Waals surface area contributed by atoms with E-state index in [4.69, 9.17) is 5.11 Å². The van der Waals surface area contributed by atoms with Crippen molar-refractivity contribution >= 4 is 22.6 Å². The van der Waals surface area contributed by atoms with Gasteiger partial charge in [0.1, 0.15) is 0 Å². The molecule has 0 aliphatic rings. The van der Waals surface area contributed by atoms with Crippen LogP contribution in [-0.2, 0) is 4.79 Å². The van der Waals surface area contributed by atoms with Crippen molar-refractivity contribution in [1.82, 2.24) is 10.6 Å². The molecule has 0 saturated carbocycles. The van der Waals surface area contributed by atoms with Crippen molar-refractivity contribution in [3.05, 3.63) is 48.0 Å². The summed E-state index contributed by atoms with van der Waals surface area (Å²) in [6, 6.07) is 13.1. The van der Waals surface area contributed by atoms with Gasteiger partial charge in [-0.25, -0.2) is 0 Å². The lowest BCUT2D eigenvalue weighted by molar-refractivity contribution is -0.120. The summed E-state index contributed by atoms with van der Waals surface area (Å²) in [4.78, 5) is 23.4. The van der Waals surface area contributed by atoms with Gasteiger partial charge in [0.15, 0.2) is 0 Å². The van der Waals surface area contributed by atoms with E-state index in [1.807, 2.05) is 30.3 Å². The molecular formula is C16H18N2O3. The van der Waals surface area contributed by atoms with E-state index in [2.05, 4.69) is 10.6 Å². The highest BCUT2D eigenvalue weighted by atomic mass is 16.3. The van der Waals surface area contributed by atoms with Gasteiger partial charge in [-0.3, -0.25) is 9.59 Å². The number of hydrogen-bond donors (Lipinski definition) is 3. The molecular weight excluding hydrogens is 268 g/mol. The van der Waals surface area contributed by atoms with E-state index >= 15 is 0 Å². The smallest absolute Gasteiger partial charge is 0.251 e. The standard InChI is InChI=1S/C16H18N2O3/c1-11(19)9-17-15(20)10-18-16(21)14-7-6-12-4-2-3-5-13(12)8-14/h2-8,11,19H,9-10H2,1H3,(H,17,20)(H,18,21)/t11-/m0/s1. The summed E-state index contributed by atoms with van der Waals surface area (Å²) in [5, 5.41) is 16.2. The van der Waals surface area contributed by atoms with Crippen LogP contribution in [0.5, 0.6) is 0 Å². The first kappa shape index (κ1) is 15.0. The van der Waals surface area contributed by atoms with Crippen LogP contribution in [0.25, 0.3) is 10.8 Å². The quantitative estimate of drug-likeness (QED) is 0.769. The molecule has 5 heteroatoms. The van der Waals surface area contributed by atoms with Gasteiger partial charge in [-0.1, -0.05) is 30.3 Å². The summed E-state index contributed by atoms with van der Waals surface area (Å²) in [6.45, 7) is 1.64. The molecule has 2 aromatic carbocycles. The zero-order valence-corrected chi connectivity index (χ0v) is 11.8. The first-order valence-electron chi connectivity index (χ1n) is 6.78. The molecule has 2 amide bonds. The van der Waals surface area contributed by atoms with Crippen molar-refractivity contribution in [2.24, 2.45) is 0 Å². The van der Waals surface area contributed by atoms with Crippen LogP contribution in [0.4, 0.5) is 0 Å². The summed E-state index contributed by atoms with van der Waals surface area (Å²) in [6.07, 6.45) is -0.606. The molecule has 0 saturated heterocycles. The second-order valence-corrected chi connectivity index (χ2v) is 4.90. The summed E-state index contributed by atoms with van der Waals surface area (Å²) in [5.41, 5.74) is 0.511. The maximum atomic E-state index is 12.0. The second kappa shape index (κ2) is 6.85. The lowest BCUT2D eigenvalue weighted by atomic mass is 10.1. The lowest BCUT2D eigenvalue weighted by Gasteiger charge is -2.08. The fraction of sp³-hybridized carbons (Fsp3) is 0.250. The van der Waals surface area contributed by atoms with Gasteiger partial charge in [0.2, 0.25) is 5.91 Å². The van der Waals surface area contributed by atoms with Gasteiger partial charge in [0.05, 0.1) is 12.6 Å². The molecule has 0 spiro atoms. The molecule has 0 radical (unpaired) electrons. The lowest BCUT2D eigenvalue weighted by Crippen LogP contribution is -2.39. The monoisotopic (exact) mass is 286 g/mol. The normalized spacial score (nSPS) is 11.9. The van der Waals surface area contributed by atoms with Crippen LogP contribution >= 0.6 is 0 Å². The number of aliphatic hydroxyl groups excluding tert-OH is 1. The number of rotatable bonds is 5. The molecule has 21 heavy (non-hydrogen) atoms. The first-order chi connectivity index (χ1) is 10.1. The number of carbonyl (C=O) groups is 2. The zero-order chi connectivity index (χ0) is 15.2. The zero-order valence-electron chi connectivity index (χ0n) is 11.8. The van der Waals surface area contributed by atoms with Crippen molar-refractivity contribution in [2.75, 3.05) is 13.1 Å². The molecule has 2 rings (SSSR count). The fourth-order valence-electron chi connectivity index (χ4n) is 1.92. The van der Waals surface area contributed by atoms with Crippen molar-refractivity contribution in [3.8, 4) is 0 Å². The van der Waals surface area contributed by atoms with E-state index in [1.54, 1.807) is 19.1 Å². The Hall–Kier alpha value is -2.40. The number of nitrogens with one attached hydrogen (secondary N) is 2. The predicted octanol–water partition coefficient (Wildman–Crippen LogP) is 1.07. The van der Waals surface area contributed by atoms with Crippen molar-refractivity contribution in [1.29, 1.82) is 0 Å². The Balaban J connectivity index is 1.94. The summed E-state index contributed by atoms with van der Waals surface area (Å²) in [5.74, 6) is -0.627. The van der Waals surface area contributed by atoms with Crippen LogP contribution in [0.2, 0.25) is 0 Å². The summed E-state index contributed by atoms with van der Waals surface area (Å²) in [7, 11) is 0. The van der Waals surface area contributed by atoms with Gasteiger partial charge in [-0.2, -0.15) is 0 Å². The van der Waals surface area contributed by atoms with Crippen molar-refractivity contribution in [3.63, 3.8) is 0 Å². The molecule has 0 aliphatic heterocycles. The highest BCUT2D eigenvalue weighted by Crippen LogP contribution is 2.15. The number of hydrogen-bond acceptors (Lipinski definition) is 3. The van der Waals surface area contributed by atoms with Crippen LogP contribution in [0.3, 0.4) is 0 Å². The number of aliphatic hydroxyl groups is 1. The Bertz CT molecular complexity index is 653. The fourth-order valence-corrected chi connectivity index (χ4v) is 1.92. The molecule has 0 heterocycles. The highest BCUT2D eigenvalue weighted by molar-refractivity contribution is 5.99. The molecule has 110 valence electrons. The van der Waals surface area contributed by atoms with Gasteiger partial charge in [-0.15, -0.1) is 0 Å². The highest BCUT2D eigenvalue weighted by Gasteiger charge is 2.09. The molecule has 3 N–H and O–H groups in total. The second-order valence-electron chi connectivity index (χ2n) is 4.90. The molecule has 0 unspecified atom stereocenters. The third kappa shape index (κ3) is 4.29. The van der Waals surface area contributed by atoms with Gasteiger partial charge in [-0.05, 0) is 29.8 Å². The predicted molar refractivity (Wildman–Crippen MR) is 81.0 cm³/mol. The average Bonchev–Trinajstić information content (AvgIpc) is 2.50. The van der Waals surface area contributed by atoms with Gasteiger partial charge >= 0.3 is 0 Å². The van der Waals surface area contributed by atoms with E-state index in [1.165, 1.54) is 0 Å². The van der Waals surface area contributed by atoms with Crippen LogP contribution < -0.4 is 10.6 Å². The molecule has 0 aromatic heterocycles. The van der Waals surface area contributed by atoms with Crippen LogP contribution in [-0.4, -0.2) is 36.1 Å². The minimum Gasteiger partial charge on any atom is -0.392 e. The minimum absolute atomic E-state index is 0.113. The van der Waals surface area contributed by atoms with Crippen molar-refractivity contribution in [2.45, 2.75) is 13.0 Å². The largest absolute Gasteiger partial charge is 0.392 e. The number of carbonyl (C=O) groups excluding carboxylic acids is 2. The Labute approximate surface area is 123 Å². The SMILES string of the molecule is C[C@H](O)CNC(=O)CNC(=O)c1ccc2ccccc2c1. The molecule has 0 aliphatic carbocycles. The topological polar surface area (TPSA) is 78.4 Å². The van der Waals surface area contributed by atoms with Crippen LogP contribution in [0, 0.1) is 0 Å². The molecule has 1 atom stereocenters. The third-order valence-electron chi connectivity index (χ3n) is 3.02. The number of amides is 2. The molecule has 0 fully saturated rings. The van der Waals surface area contributed by atoms with Gasteiger partial charge in [0, 0.05) is 12.1 Å². The maximum Gasteiger partial charge on any atom is 0.251 e. The summed E-state index contributed by atoms with van der Waals surface area (Å²) < 4.78 is 0. The minimum atomic E-state index is -0.606. The van der Waals surface area contributed by atoms with Crippen molar-refractivity contribution < 1.29 is 14.7 Å². The van der Waals surface area contributed by atoms with E-state index in [9.17, 15) is 9.59 Å². The van der Waals surface area contributed by atoms with Gasteiger partial charge < -0.3 is 15.7 Å². The Kier molecular flexibility index (Phi) is 4.90. The summed E-state index contributed by atoms with van der Waals surface area (Å²) >= 11 is 0. The van der Waals surface area contributed by atoms with E-state index in [0.29, 0.717) is 5.56 Å². The van der Waals surface area contributed by atoms with E-state index in [-0.39, 0.29) is 24.9 Å². The number of benzene rings is 2. The molecule has 0 bridgehead atoms. The third-order valence-corrected chi connectivity index (χ3v) is 3.02. The molecule has 2 aromatic rings. The van der Waals surface area contributed by atoms with Crippen LogP contribution in [0.15, 0.2) is 42.5 Å². The maximum absolute atomic E-state index is 12.0. The first-order valence-corrected chi connectivity index (χ1v) is 6.78.